The molecule has 0 radical (unpaired) electrons. The van der Waals surface area contributed by atoms with Gasteiger partial charge in [-0.15, -0.1) is 10.2 Å². The number of halogens is 1. The fourth-order valence-corrected chi connectivity index (χ4v) is 2.31. The summed E-state index contributed by atoms with van der Waals surface area (Å²) in [6.45, 7) is 1.85. The first-order valence-electron chi connectivity index (χ1n) is 6.83. The van der Waals surface area contributed by atoms with Crippen LogP contribution in [0.25, 0.3) is 5.65 Å². The standard InChI is InChI=1S/C16H13ClN4O2/c1-10-15(21-8-4-3-5-14(21)18-10)20-19-13-9-11(16(22)23-2)6-7-12(13)17/h3-9H,1-2H3. The molecule has 23 heavy (non-hydrogen) atoms. The van der Waals surface area contributed by atoms with Crippen LogP contribution in [0, 0.1) is 6.92 Å². The van der Waals surface area contributed by atoms with Crippen LogP contribution in [0.1, 0.15) is 16.1 Å². The molecule has 3 rings (SSSR count). The zero-order chi connectivity index (χ0) is 16.4. The number of carbonyl (C=O) groups is 1. The third-order valence-electron chi connectivity index (χ3n) is 3.29. The molecule has 3 aromatic rings. The summed E-state index contributed by atoms with van der Waals surface area (Å²) in [5.74, 6) is 0.157. The van der Waals surface area contributed by atoms with Crippen LogP contribution in [0.15, 0.2) is 52.8 Å². The second kappa shape index (κ2) is 6.18. The lowest BCUT2D eigenvalue weighted by atomic mass is 10.2. The van der Waals surface area contributed by atoms with E-state index in [1.54, 1.807) is 12.1 Å². The molecule has 2 heterocycles. The van der Waals surface area contributed by atoms with E-state index in [2.05, 4.69) is 19.9 Å². The van der Waals surface area contributed by atoms with Gasteiger partial charge in [0, 0.05) is 6.20 Å². The summed E-state index contributed by atoms with van der Waals surface area (Å²) >= 11 is 6.11. The van der Waals surface area contributed by atoms with Gasteiger partial charge in [-0.25, -0.2) is 9.78 Å². The van der Waals surface area contributed by atoms with Crippen molar-refractivity contribution in [1.82, 2.24) is 9.38 Å². The highest BCUT2D eigenvalue weighted by molar-refractivity contribution is 6.33. The fraction of sp³-hybridized carbons (Fsp3) is 0.125. The zero-order valence-electron chi connectivity index (χ0n) is 12.5. The number of imidazole rings is 1. The van der Waals surface area contributed by atoms with Crippen LogP contribution in [0.2, 0.25) is 5.02 Å². The van der Waals surface area contributed by atoms with Crippen molar-refractivity contribution in [2.45, 2.75) is 6.92 Å². The molecular weight excluding hydrogens is 316 g/mol. The molecule has 0 amide bonds. The van der Waals surface area contributed by atoms with Gasteiger partial charge in [0.15, 0.2) is 5.82 Å². The van der Waals surface area contributed by atoms with E-state index in [9.17, 15) is 4.79 Å². The first-order valence-corrected chi connectivity index (χ1v) is 7.21. The first-order chi connectivity index (χ1) is 11.1. The molecule has 0 N–H and O–H groups in total. The van der Waals surface area contributed by atoms with Gasteiger partial charge < -0.3 is 4.74 Å². The second-order valence-electron chi connectivity index (χ2n) is 4.81. The SMILES string of the molecule is COC(=O)c1ccc(Cl)c(N=Nc2c(C)nc3ccccn23)c1. The Morgan fingerprint density at radius 1 is 1.26 bits per heavy atom. The predicted octanol–water partition coefficient (Wildman–Crippen LogP) is 4.50. The molecule has 0 saturated heterocycles. The summed E-state index contributed by atoms with van der Waals surface area (Å²) in [4.78, 5) is 16.0. The number of ether oxygens (including phenoxy) is 1. The van der Waals surface area contributed by atoms with E-state index in [1.807, 2.05) is 35.7 Å². The fourth-order valence-electron chi connectivity index (χ4n) is 2.16. The van der Waals surface area contributed by atoms with Crippen molar-refractivity contribution in [3.63, 3.8) is 0 Å². The van der Waals surface area contributed by atoms with Gasteiger partial charge in [0.05, 0.1) is 23.4 Å². The van der Waals surface area contributed by atoms with Crippen molar-refractivity contribution < 1.29 is 9.53 Å². The van der Waals surface area contributed by atoms with Crippen molar-refractivity contribution >= 4 is 34.7 Å². The van der Waals surface area contributed by atoms with Crippen LogP contribution in [-0.4, -0.2) is 22.5 Å². The number of aromatic nitrogens is 2. The van der Waals surface area contributed by atoms with Crippen LogP contribution >= 0.6 is 11.6 Å². The molecule has 6 nitrogen and oxygen atoms in total. The average molecular weight is 329 g/mol. The van der Waals surface area contributed by atoms with E-state index in [1.165, 1.54) is 13.2 Å². The molecule has 0 bridgehead atoms. The average Bonchev–Trinajstić information content (AvgIpc) is 2.88. The Balaban J connectivity index is 2.02. The number of hydrogen-bond acceptors (Lipinski definition) is 5. The van der Waals surface area contributed by atoms with Gasteiger partial charge in [-0.1, -0.05) is 17.7 Å². The number of pyridine rings is 1. The number of nitrogens with zero attached hydrogens (tertiary/aromatic N) is 4. The smallest absolute Gasteiger partial charge is 0.337 e. The molecule has 2 aromatic heterocycles. The topological polar surface area (TPSA) is 68.3 Å². The lowest BCUT2D eigenvalue weighted by molar-refractivity contribution is 0.0601. The van der Waals surface area contributed by atoms with Crippen molar-refractivity contribution in [2.24, 2.45) is 10.2 Å². The number of hydrogen-bond donors (Lipinski definition) is 0. The third-order valence-corrected chi connectivity index (χ3v) is 3.61. The number of carbonyl (C=O) groups excluding carboxylic acids is 1. The minimum atomic E-state index is -0.455. The number of esters is 1. The molecule has 0 aliphatic heterocycles. The maximum absolute atomic E-state index is 11.6. The van der Waals surface area contributed by atoms with E-state index in [0.717, 1.165) is 11.3 Å². The van der Waals surface area contributed by atoms with Gasteiger partial charge in [0.1, 0.15) is 11.3 Å². The highest BCUT2D eigenvalue weighted by atomic mass is 35.5. The normalized spacial score (nSPS) is 11.3. The Labute approximate surface area is 137 Å². The summed E-state index contributed by atoms with van der Waals surface area (Å²) in [6.07, 6.45) is 1.86. The molecule has 0 saturated carbocycles. The monoisotopic (exact) mass is 328 g/mol. The lowest BCUT2D eigenvalue weighted by Gasteiger charge is -2.02. The van der Waals surface area contributed by atoms with Crippen LogP contribution < -0.4 is 0 Å². The van der Waals surface area contributed by atoms with Crippen LogP contribution in [-0.2, 0) is 4.74 Å². The maximum Gasteiger partial charge on any atom is 0.337 e. The third kappa shape index (κ3) is 2.93. The number of azo groups is 1. The summed E-state index contributed by atoms with van der Waals surface area (Å²) in [5.41, 5.74) is 2.29. The molecule has 7 heteroatoms. The van der Waals surface area contributed by atoms with Crippen LogP contribution in [0.5, 0.6) is 0 Å². The number of aryl methyl sites for hydroxylation is 1. The van der Waals surface area contributed by atoms with E-state index in [0.29, 0.717) is 22.1 Å². The summed E-state index contributed by atoms with van der Waals surface area (Å²) < 4.78 is 6.52. The van der Waals surface area contributed by atoms with Crippen molar-refractivity contribution in [3.05, 3.63) is 58.9 Å². The number of fused-ring (bicyclic) bond motifs is 1. The highest BCUT2D eigenvalue weighted by Crippen LogP contribution is 2.29. The number of methoxy groups -OCH3 is 1. The molecule has 0 spiro atoms. The highest BCUT2D eigenvalue weighted by Gasteiger charge is 2.10. The molecule has 0 fully saturated rings. The number of benzene rings is 1. The lowest BCUT2D eigenvalue weighted by Crippen LogP contribution is -2.00. The van der Waals surface area contributed by atoms with Crippen LogP contribution in [0.4, 0.5) is 11.5 Å². The Morgan fingerprint density at radius 2 is 2.09 bits per heavy atom. The van der Waals surface area contributed by atoms with Gasteiger partial charge in [-0.2, -0.15) is 0 Å². The van der Waals surface area contributed by atoms with Crippen molar-refractivity contribution in [1.29, 1.82) is 0 Å². The van der Waals surface area contributed by atoms with E-state index < -0.39 is 5.97 Å². The van der Waals surface area contributed by atoms with E-state index in [-0.39, 0.29) is 0 Å². The largest absolute Gasteiger partial charge is 0.465 e. The van der Waals surface area contributed by atoms with E-state index >= 15 is 0 Å². The quantitative estimate of drug-likeness (QED) is 0.525. The Bertz CT molecular complexity index is 918. The Morgan fingerprint density at radius 3 is 2.87 bits per heavy atom. The molecule has 116 valence electrons. The van der Waals surface area contributed by atoms with Crippen molar-refractivity contribution in [3.8, 4) is 0 Å². The maximum atomic E-state index is 11.6. The van der Waals surface area contributed by atoms with Gasteiger partial charge in [0.25, 0.3) is 0 Å². The Kier molecular flexibility index (Phi) is 4.08. The molecule has 1 aromatic carbocycles. The summed E-state index contributed by atoms with van der Waals surface area (Å²) in [6, 6.07) is 10.4. The minimum Gasteiger partial charge on any atom is -0.465 e. The van der Waals surface area contributed by atoms with Gasteiger partial charge in [-0.3, -0.25) is 4.40 Å². The molecule has 0 unspecified atom stereocenters. The van der Waals surface area contributed by atoms with Crippen LogP contribution in [0.3, 0.4) is 0 Å². The number of rotatable bonds is 3. The summed E-state index contributed by atoms with van der Waals surface area (Å²) in [5, 5.41) is 8.80. The van der Waals surface area contributed by atoms with Crippen molar-refractivity contribution in [2.75, 3.05) is 7.11 Å². The second-order valence-corrected chi connectivity index (χ2v) is 5.21. The van der Waals surface area contributed by atoms with Gasteiger partial charge in [0.2, 0.25) is 0 Å². The predicted molar refractivity (Wildman–Crippen MR) is 86.9 cm³/mol. The zero-order valence-corrected chi connectivity index (χ0v) is 13.3. The first kappa shape index (κ1) is 15.2. The molecule has 0 aliphatic rings. The molecular formula is C16H13ClN4O2. The van der Waals surface area contributed by atoms with Gasteiger partial charge in [-0.05, 0) is 37.3 Å². The van der Waals surface area contributed by atoms with Gasteiger partial charge >= 0.3 is 5.97 Å². The van der Waals surface area contributed by atoms with E-state index in [4.69, 9.17) is 11.6 Å². The molecule has 0 aliphatic carbocycles. The summed E-state index contributed by atoms with van der Waals surface area (Å²) in [7, 11) is 1.32. The minimum absolute atomic E-state index is 0.362. The Hall–Kier alpha value is -2.73. The molecule has 0 atom stereocenters.